The smallest absolute Gasteiger partial charge is 0.321 e. The molecule has 0 radical (unpaired) electrons. The Kier molecular flexibility index (Phi) is 34.9. The van der Waals surface area contributed by atoms with Crippen LogP contribution in [0.5, 0.6) is 0 Å². The summed E-state index contributed by atoms with van der Waals surface area (Å²) < 4.78 is 41.7. The van der Waals surface area contributed by atoms with Gasteiger partial charge in [0, 0.05) is 204 Å². The Morgan fingerprint density at radius 2 is 0.646 bits per heavy atom. The van der Waals surface area contributed by atoms with E-state index in [1.165, 1.54) is 12.1 Å². The zero-order chi connectivity index (χ0) is 104. The number of nitrogens with zero attached hydrogens (tertiary/aromatic N) is 17. The maximum atomic E-state index is 13.6. The van der Waals surface area contributed by atoms with Crippen LogP contribution in [0.15, 0.2) is 157 Å². The molecule has 10 aliphatic rings. The van der Waals surface area contributed by atoms with Crippen LogP contribution >= 0.6 is 39.1 Å². The summed E-state index contributed by atoms with van der Waals surface area (Å²) in [6.07, 6.45) is 18.6. The highest BCUT2D eigenvalue weighted by Gasteiger charge is 2.48. The molecule has 5 aromatic carbocycles. The van der Waals surface area contributed by atoms with Gasteiger partial charge in [-0.2, -0.15) is 5.26 Å². The molecule has 20 rings (SSSR count). The van der Waals surface area contributed by atoms with Crippen LogP contribution in [0.3, 0.4) is 0 Å². The van der Waals surface area contributed by atoms with Crippen LogP contribution in [0.25, 0.3) is 0 Å². The number of rotatable bonds is 20. The topological polar surface area (TPSA) is 412 Å². The minimum Gasteiger partial charge on any atom is -0.381 e. The van der Waals surface area contributed by atoms with Crippen LogP contribution in [-0.2, 0) is 117 Å². The van der Waals surface area contributed by atoms with Crippen molar-refractivity contribution in [1.29, 1.82) is 5.26 Å². The molecule has 778 valence electrons. The zero-order valence-corrected chi connectivity index (χ0v) is 88.3. The van der Waals surface area contributed by atoms with Gasteiger partial charge in [-0.25, -0.2) is 78.2 Å². The predicted octanol–water partition coefficient (Wildman–Crippen LogP) is 17.6. The Morgan fingerprint density at radius 3 is 0.939 bits per heavy atom. The minimum atomic E-state index is -0.554. The van der Waals surface area contributed by atoms with Gasteiger partial charge >= 0.3 is 30.2 Å². The Labute approximate surface area is 876 Å². The van der Waals surface area contributed by atoms with Gasteiger partial charge in [-0.05, 0) is 210 Å². The van der Waals surface area contributed by atoms with E-state index >= 15 is 0 Å². The first-order valence-corrected chi connectivity index (χ1v) is 51.9. The number of urea groups is 5. The molecule has 0 aliphatic carbocycles. The molecule has 10 amide bonds. The number of carbonyl (C=O) groups is 5. The van der Waals surface area contributed by atoms with E-state index < -0.39 is 33.5 Å². The number of anilines is 5. The second-order valence-corrected chi connectivity index (χ2v) is 42.5. The number of aromatic nitrogens is 10. The van der Waals surface area contributed by atoms with Crippen molar-refractivity contribution in [2.24, 2.45) is 0 Å². The fourth-order valence-corrected chi connectivity index (χ4v) is 20.1. The van der Waals surface area contributed by atoms with Crippen molar-refractivity contribution in [2.45, 2.75) is 257 Å². The number of fused-ring (bicyclic) bond motifs is 5. The number of halogens is 4. The van der Waals surface area contributed by atoms with E-state index in [-0.39, 0.29) is 41.7 Å². The standard InChI is InChI=1S/C22H26N6O2.C22H29N5O2.C21H26BrN5O2.C21H25ClFN5O2.C21H26ClN5O2/c1-22(2)18-13-24-20(26-17-7-9-30-10-8-17)27-19(18)14-28(22)21(29)25-12-16-5-3-15(11-23)4-6-16;1-22(2)18-13-23-20(24-17-9-11-29-12-10-17)25-19(18)15-27(22)21(28)26(3)14-16-7-5-4-6-8-16;1-21(2)17-12-23-19(25-16-7-9-29-10-8-16)26-18(17)13-27(21)20(28)24-11-14-3-5-15(22)6-4-14;1-21(2)15-11-24-19(26-14-5-7-30-8-6-14)27-18(15)12-28(21)20(29)25-10-13-3-4-16(22)17(23)9-13;1-21(2)17-12-23-19(25-16-7-9-29-10-8-16)26-18(17)13-27(21)20(28)24-11-14-3-5-15(22)6-4-14/h3-6,13,17H,7-10,12,14H2,1-2H3,(H,25,29)(H,24,26,27);4-8,13,17H,9-12,14-15H2,1-3H3,(H,23,24,25);3-6,12,16H,7-11,13H2,1-2H3,(H,24,28)(H,23,25,26);3-4,9,11,14H,5-8,10,12H2,1-2H3,(H,25,29)(H,24,26,27);3-6,12,16H,7-11,13H2,1-2H3,(H,24,28)(H,23,25,26). The second kappa shape index (κ2) is 48.0. The van der Waals surface area contributed by atoms with E-state index in [0.29, 0.717) is 135 Å². The number of ether oxygens (including phenoxy) is 5. The zero-order valence-electron chi connectivity index (χ0n) is 85.2. The lowest BCUT2D eigenvalue weighted by molar-refractivity contribution is 0.0902. The second-order valence-electron chi connectivity index (χ2n) is 40.7. The normalized spacial score (nSPS) is 18.2. The summed E-state index contributed by atoms with van der Waals surface area (Å²) in [4.78, 5) is 122. The van der Waals surface area contributed by atoms with Crippen molar-refractivity contribution < 1.29 is 52.0 Å². The lowest BCUT2D eigenvalue weighted by Crippen LogP contribution is -2.46. The Balaban J connectivity index is 0.000000131. The van der Waals surface area contributed by atoms with E-state index in [2.05, 4.69) is 114 Å². The van der Waals surface area contributed by atoms with Gasteiger partial charge in [0.1, 0.15) is 5.82 Å². The van der Waals surface area contributed by atoms with Crippen LogP contribution in [0.4, 0.5) is 58.1 Å². The van der Waals surface area contributed by atoms with E-state index in [1.807, 2.05) is 188 Å². The number of nitrogens with one attached hydrogen (secondary N) is 9. The lowest BCUT2D eigenvalue weighted by atomic mass is 9.97. The van der Waals surface area contributed by atoms with Crippen molar-refractivity contribution >= 4 is 99.0 Å². The summed E-state index contributed by atoms with van der Waals surface area (Å²) in [5.74, 6) is 2.57. The molecule has 15 heterocycles. The average Bonchev–Trinajstić information content (AvgIpc) is 1.73. The van der Waals surface area contributed by atoms with Gasteiger partial charge in [0.05, 0.1) is 106 Å². The van der Waals surface area contributed by atoms with Crippen molar-refractivity contribution in [3.63, 3.8) is 0 Å². The number of carbonyl (C=O) groups excluding carboxylic acids is 5. The van der Waals surface area contributed by atoms with Crippen molar-refractivity contribution in [2.75, 3.05) is 99.7 Å². The molecule has 0 unspecified atom stereocenters. The predicted molar refractivity (Wildman–Crippen MR) is 561 cm³/mol. The van der Waals surface area contributed by atoms with Crippen LogP contribution < -0.4 is 47.9 Å². The first kappa shape index (κ1) is 107. The molecule has 10 aromatic rings. The van der Waals surface area contributed by atoms with Crippen LogP contribution in [0.2, 0.25) is 10.0 Å². The molecular formula is C107H132BrCl2FN26O10. The number of amides is 10. The third-order valence-electron chi connectivity index (χ3n) is 28.8. The molecule has 147 heavy (non-hydrogen) atoms. The van der Waals surface area contributed by atoms with E-state index in [1.54, 1.807) is 44.0 Å². The summed E-state index contributed by atoms with van der Waals surface area (Å²) in [5.41, 5.74) is 12.2. The molecule has 5 aromatic heterocycles. The fraction of sp³-hybridized carbons (Fsp3) is 0.477. The third kappa shape index (κ3) is 26.6. The van der Waals surface area contributed by atoms with Gasteiger partial charge < -0.3 is 101 Å². The van der Waals surface area contributed by atoms with Crippen molar-refractivity contribution in [3.8, 4) is 6.07 Å². The monoisotopic (exact) mass is 2110 g/mol. The van der Waals surface area contributed by atoms with Gasteiger partial charge in [0.15, 0.2) is 0 Å². The number of benzene rings is 5. The van der Waals surface area contributed by atoms with Gasteiger partial charge in [0.25, 0.3) is 0 Å². The summed E-state index contributed by atoms with van der Waals surface area (Å²) in [6, 6.07) is 40.2. The van der Waals surface area contributed by atoms with Crippen LogP contribution in [0, 0.1) is 17.1 Å². The van der Waals surface area contributed by atoms with E-state index in [9.17, 15) is 28.4 Å². The van der Waals surface area contributed by atoms with Crippen LogP contribution in [-0.4, -0.2) is 213 Å². The average molecular weight is 2110 g/mol. The van der Waals surface area contributed by atoms with Crippen molar-refractivity contribution in [1.82, 2.24) is 101 Å². The number of nitriles is 1. The third-order valence-corrected chi connectivity index (χ3v) is 29.9. The van der Waals surface area contributed by atoms with Gasteiger partial charge in [-0.3, -0.25) is 0 Å². The quantitative estimate of drug-likeness (QED) is 0.0342. The largest absolute Gasteiger partial charge is 0.381 e. The molecule has 5 fully saturated rings. The van der Waals surface area contributed by atoms with Gasteiger partial charge in [-0.1, -0.05) is 112 Å². The molecule has 9 N–H and O–H groups in total. The highest BCUT2D eigenvalue weighted by Crippen LogP contribution is 2.44. The Morgan fingerprint density at radius 1 is 0.381 bits per heavy atom. The molecule has 0 atom stereocenters. The fourth-order valence-electron chi connectivity index (χ4n) is 19.6. The molecule has 0 saturated carbocycles. The molecular weight excluding hydrogens is 1980 g/mol. The maximum Gasteiger partial charge on any atom is 0.321 e. The number of hydrogen-bond acceptors (Lipinski definition) is 26. The molecule has 0 bridgehead atoms. The first-order valence-electron chi connectivity index (χ1n) is 50.4. The molecule has 40 heteroatoms. The summed E-state index contributed by atoms with van der Waals surface area (Å²) in [7, 11) is 1.85. The molecule has 10 aliphatic heterocycles. The minimum absolute atomic E-state index is 0.00390. The number of hydrogen-bond donors (Lipinski definition) is 9. The molecule has 0 spiro atoms. The summed E-state index contributed by atoms with van der Waals surface area (Å²) in [5, 5.41) is 38.5. The van der Waals surface area contributed by atoms with Gasteiger partial charge in [0.2, 0.25) is 29.7 Å². The molecule has 5 saturated heterocycles. The Bertz CT molecular complexity index is 6140. The summed E-state index contributed by atoms with van der Waals surface area (Å²) in [6.45, 7) is 32.1. The Hall–Kier alpha value is -12.9. The van der Waals surface area contributed by atoms with Crippen LogP contribution in [0.1, 0.15) is 223 Å². The van der Waals surface area contributed by atoms with Crippen molar-refractivity contribution in [3.05, 3.63) is 262 Å². The lowest BCUT2D eigenvalue weighted by Gasteiger charge is -2.35. The summed E-state index contributed by atoms with van der Waals surface area (Å²) >= 11 is 15.1. The van der Waals surface area contributed by atoms with E-state index in [4.69, 9.17) is 72.1 Å². The highest BCUT2D eigenvalue weighted by molar-refractivity contribution is 9.10. The van der Waals surface area contributed by atoms with E-state index in [0.717, 1.165) is 213 Å². The highest BCUT2D eigenvalue weighted by atomic mass is 79.9. The molecule has 36 nitrogen and oxygen atoms in total. The maximum absolute atomic E-state index is 13.6. The SMILES string of the molecule is CC1(C)c2cnc(NC3CCOCC3)nc2CN1C(=O)NCc1ccc(Br)cc1.CC1(C)c2cnc(NC3CCOCC3)nc2CN1C(=O)NCc1ccc(C#N)cc1.CC1(C)c2cnc(NC3CCOCC3)nc2CN1C(=O)NCc1ccc(Cl)c(F)c1.CC1(C)c2cnc(NC3CCOCC3)nc2CN1C(=O)NCc1ccc(Cl)cc1.CN(Cc1ccccc1)C(=O)N1Cc2nc(NC3CCOCC3)ncc2C1(C)C. The van der Waals surface area contributed by atoms with Gasteiger partial charge in [-0.15, -0.1) is 0 Å². The first-order chi connectivity index (χ1) is 70.6.